The van der Waals surface area contributed by atoms with Gasteiger partial charge in [-0.1, -0.05) is 32.6 Å². The Bertz CT molecular complexity index is 216. The fourth-order valence-electron chi connectivity index (χ4n) is 3.19. The first kappa shape index (κ1) is 16.9. The standard InChI is InChI=1S/C15H32N2O2/c1-3-17(10-11-19-13-12-18-2)15(14-16)8-6-4-5-7-9-15/h3-14,16H2,1-2H3. The van der Waals surface area contributed by atoms with Gasteiger partial charge in [-0.05, 0) is 19.4 Å². The molecule has 0 aromatic rings. The van der Waals surface area contributed by atoms with Crippen LogP contribution in [0.5, 0.6) is 0 Å². The first-order valence-corrected chi connectivity index (χ1v) is 7.81. The molecule has 0 amide bonds. The van der Waals surface area contributed by atoms with Crippen LogP contribution < -0.4 is 5.73 Å². The summed E-state index contributed by atoms with van der Waals surface area (Å²) >= 11 is 0. The lowest BCUT2D eigenvalue weighted by molar-refractivity contribution is 0.0231. The van der Waals surface area contributed by atoms with Crippen molar-refractivity contribution in [3.63, 3.8) is 0 Å². The van der Waals surface area contributed by atoms with Crippen LogP contribution in [-0.4, -0.2) is 57.0 Å². The molecule has 0 heterocycles. The fourth-order valence-corrected chi connectivity index (χ4v) is 3.19. The molecule has 0 aromatic carbocycles. The normalized spacial score (nSPS) is 19.6. The van der Waals surface area contributed by atoms with Crippen LogP contribution in [0.25, 0.3) is 0 Å². The summed E-state index contributed by atoms with van der Waals surface area (Å²) in [4.78, 5) is 2.55. The van der Waals surface area contributed by atoms with Crippen LogP contribution in [0, 0.1) is 0 Å². The molecule has 0 saturated heterocycles. The number of methoxy groups -OCH3 is 1. The van der Waals surface area contributed by atoms with Gasteiger partial charge in [0.05, 0.1) is 19.8 Å². The molecule has 0 aromatic heterocycles. The Morgan fingerprint density at radius 3 is 2.26 bits per heavy atom. The Balaban J connectivity index is 2.44. The molecule has 114 valence electrons. The van der Waals surface area contributed by atoms with Crippen LogP contribution in [0.3, 0.4) is 0 Å². The number of likely N-dealkylation sites (N-methyl/N-ethyl adjacent to an activating group) is 1. The van der Waals surface area contributed by atoms with Crippen molar-refractivity contribution in [3.05, 3.63) is 0 Å². The van der Waals surface area contributed by atoms with Gasteiger partial charge in [0.25, 0.3) is 0 Å². The van der Waals surface area contributed by atoms with Crippen molar-refractivity contribution < 1.29 is 9.47 Å². The highest BCUT2D eigenvalue weighted by atomic mass is 16.5. The van der Waals surface area contributed by atoms with Crippen molar-refractivity contribution in [2.45, 2.75) is 51.0 Å². The van der Waals surface area contributed by atoms with Gasteiger partial charge in [0.1, 0.15) is 0 Å². The summed E-state index contributed by atoms with van der Waals surface area (Å²) in [7, 11) is 1.71. The van der Waals surface area contributed by atoms with Crippen molar-refractivity contribution >= 4 is 0 Å². The third-order valence-electron chi connectivity index (χ3n) is 4.40. The molecule has 1 saturated carbocycles. The van der Waals surface area contributed by atoms with Crippen LogP contribution in [0.4, 0.5) is 0 Å². The molecule has 0 radical (unpaired) electrons. The Hall–Kier alpha value is -0.160. The predicted octanol–water partition coefficient (Wildman–Crippen LogP) is 2.02. The molecule has 1 aliphatic rings. The van der Waals surface area contributed by atoms with E-state index in [0.717, 1.165) is 26.2 Å². The number of hydrogen-bond donors (Lipinski definition) is 1. The lowest BCUT2D eigenvalue weighted by Crippen LogP contribution is -2.54. The first-order valence-electron chi connectivity index (χ1n) is 7.81. The van der Waals surface area contributed by atoms with E-state index in [4.69, 9.17) is 15.2 Å². The minimum absolute atomic E-state index is 0.218. The average Bonchev–Trinajstić information content (AvgIpc) is 2.69. The van der Waals surface area contributed by atoms with Crippen LogP contribution in [-0.2, 0) is 9.47 Å². The summed E-state index contributed by atoms with van der Waals surface area (Å²) in [5.74, 6) is 0. The second-order valence-electron chi connectivity index (χ2n) is 5.53. The van der Waals surface area contributed by atoms with Crippen LogP contribution in [0.15, 0.2) is 0 Å². The second kappa shape index (κ2) is 9.70. The van der Waals surface area contributed by atoms with Crippen LogP contribution in [0.1, 0.15) is 45.4 Å². The lowest BCUT2D eigenvalue weighted by atomic mass is 9.88. The molecule has 4 heteroatoms. The zero-order valence-electron chi connectivity index (χ0n) is 12.8. The topological polar surface area (TPSA) is 47.7 Å². The summed E-state index contributed by atoms with van der Waals surface area (Å²) in [6.45, 7) is 7.19. The summed E-state index contributed by atoms with van der Waals surface area (Å²) in [5, 5.41) is 0. The Morgan fingerprint density at radius 2 is 1.74 bits per heavy atom. The van der Waals surface area contributed by atoms with Gasteiger partial charge in [-0.3, -0.25) is 4.90 Å². The number of ether oxygens (including phenoxy) is 2. The largest absolute Gasteiger partial charge is 0.382 e. The van der Waals surface area contributed by atoms with E-state index in [0.29, 0.717) is 13.2 Å². The fraction of sp³-hybridized carbons (Fsp3) is 1.00. The number of nitrogens with zero attached hydrogens (tertiary/aromatic N) is 1. The van der Waals surface area contributed by atoms with Crippen molar-refractivity contribution in [2.75, 3.05) is 46.6 Å². The van der Waals surface area contributed by atoms with E-state index < -0.39 is 0 Å². The maximum absolute atomic E-state index is 6.13. The third-order valence-corrected chi connectivity index (χ3v) is 4.40. The summed E-state index contributed by atoms with van der Waals surface area (Å²) in [6.07, 6.45) is 7.86. The number of nitrogens with two attached hydrogens (primary N) is 1. The highest BCUT2D eigenvalue weighted by molar-refractivity contribution is 4.92. The zero-order valence-corrected chi connectivity index (χ0v) is 12.8. The van der Waals surface area contributed by atoms with Crippen molar-refractivity contribution in [1.82, 2.24) is 4.90 Å². The Labute approximate surface area is 118 Å². The van der Waals surface area contributed by atoms with Crippen molar-refractivity contribution in [1.29, 1.82) is 0 Å². The van der Waals surface area contributed by atoms with Crippen LogP contribution in [0.2, 0.25) is 0 Å². The van der Waals surface area contributed by atoms with Crippen LogP contribution >= 0.6 is 0 Å². The SMILES string of the molecule is CCN(CCOCCOC)C1(CN)CCCCCC1. The molecule has 0 unspecified atom stereocenters. The summed E-state index contributed by atoms with van der Waals surface area (Å²) < 4.78 is 10.6. The van der Waals surface area contributed by atoms with Crippen molar-refractivity contribution in [3.8, 4) is 0 Å². The molecular formula is C15H32N2O2. The summed E-state index contributed by atoms with van der Waals surface area (Å²) in [6, 6.07) is 0. The van der Waals surface area contributed by atoms with E-state index in [1.54, 1.807) is 7.11 Å². The number of hydrogen-bond acceptors (Lipinski definition) is 4. The molecule has 0 aliphatic heterocycles. The maximum Gasteiger partial charge on any atom is 0.0700 e. The van der Waals surface area contributed by atoms with E-state index in [1.165, 1.54) is 38.5 Å². The van der Waals surface area contributed by atoms with E-state index in [9.17, 15) is 0 Å². The molecule has 1 rings (SSSR count). The maximum atomic E-state index is 6.13. The molecule has 19 heavy (non-hydrogen) atoms. The molecule has 4 nitrogen and oxygen atoms in total. The monoisotopic (exact) mass is 272 g/mol. The lowest BCUT2D eigenvalue weighted by Gasteiger charge is -2.42. The summed E-state index contributed by atoms with van der Waals surface area (Å²) in [5.41, 5.74) is 6.35. The predicted molar refractivity (Wildman–Crippen MR) is 79.4 cm³/mol. The van der Waals surface area contributed by atoms with Crippen molar-refractivity contribution in [2.24, 2.45) is 5.73 Å². The van der Waals surface area contributed by atoms with Gasteiger partial charge in [-0.15, -0.1) is 0 Å². The van der Waals surface area contributed by atoms with Gasteiger partial charge in [0, 0.05) is 25.7 Å². The molecule has 0 atom stereocenters. The molecule has 0 spiro atoms. The van der Waals surface area contributed by atoms with Gasteiger partial charge in [0.15, 0.2) is 0 Å². The second-order valence-corrected chi connectivity index (χ2v) is 5.53. The van der Waals surface area contributed by atoms with Gasteiger partial charge in [0.2, 0.25) is 0 Å². The minimum atomic E-state index is 0.218. The van der Waals surface area contributed by atoms with E-state index in [-0.39, 0.29) is 5.54 Å². The van der Waals surface area contributed by atoms with Gasteiger partial charge in [-0.25, -0.2) is 0 Å². The van der Waals surface area contributed by atoms with Gasteiger partial charge < -0.3 is 15.2 Å². The third kappa shape index (κ3) is 5.38. The number of rotatable bonds is 9. The van der Waals surface area contributed by atoms with Gasteiger partial charge in [-0.2, -0.15) is 0 Å². The Kier molecular flexibility index (Phi) is 8.62. The van der Waals surface area contributed by atoms with E-state index in [1.807, 2.05) is 0 Å². The highest BCUT2D eigenvalue weighted by Gasteiger charge is 2.34. The van der Waals surface area contributed by atoms with E-state index in [2.05, 4.69) is 11.8 Å². The van der Waals surface area contributed by atoms with E-state index >= 15 is 0 Å². The molecule has 1 fully saturated rings. The molecule has 1 aliphatic carbocycles. The average molecular weight is 272 g/mol. The zero-order chi connectivity index (χ0) is 14.0. The molecule has 2 N–H and O–H groups in total. The van der Waals surface area contributed by atoms with Gasteiger partial charge >= 0.3 is 0 Å². The first-order chi connectivity index (χ1) is 9.29. The quantitative estimate of drug-likeness (QED) is 0.515. The Morgan fingerprint density at radius 1 is 1.05 bits per heavy atom. The smallest absolute Gasteiger partial charge is 0.0700 e. The molecular weight excluding hydrogens is 240 g/mol. The highest BCUT2D eigenvalue weighted by Crippen LogP contribution is 2.31. The molecule has 0 bridgehead atoms. The minimum Gasteiger partial charge on any atom is -0.382 e.